The highest BCUT2D eigenvalue weighted by atomic mass is 19.4. The number of hydrogen-bond acceptors (Lipinski definition) is 5. The fraction of sp³-hybridized carbons (Fsp3) is 0.348. The highest BCUT2D eigenvalue weighted by molar-refractivity contribution is 6.00. The molecule has 5 heterocycles. The lowest BCUT2D eigenvalue weighted by Crippen LogP contribution is -2.45. The average Bonchev–Trinajstić information content (AvgIpc) is 3.61. The number of imidazole rings is 1. The van der Waals surface area contributed by atoms with E-state index in [1.54, 1.807) is 35.4 Å². The molecule has 16 heteroatoms. The number of nitrogens with one attached hydrogen (secondary N) is 3. The van der Waals surface area contributed by atoms with Crippen molar-refractivity contribution >= 4 is 23.3 Å². The van der Waals surface area contributed by atoms with Crippen molar-refractivity contribution in [1.29, 1.82) is 0 Å². The number of carboxylic acids is 1. The van der Waals surface area contributed by atoms with Crippen molar-refractivity contribution in [3.63, 3.8) is 0 Å². The minimum atomic E-state index is -5.19. The highest BCUT2D eigenvalue weighted by Crippen LogP contribution is 2.31. The minimum absolute atomic E-state index is 0.00684. The molecule has 0 saturated carbocycles. The Balaban J connectivity index is 0.000000448. The summed E-state index contributed by atoms with van der Waals surface area (Å²) in [5.74, 6) is -4.20. The van der Waals surface area contributed by atoms with Crippen LogP contribution in [0.1, 0.15) is 39.3 Å². The van der Waals surface area contributed by atoms with Crippen LogP contribution in [0.5, 0.6) is 0 Å². The normalized spacial score (nSPS) is 19.4. The summed E-state index contributed by atoms with van der Waals surface area (Å²) in [5, 5.41) is 10.8. The first-order valence-corrected chi connectivity index (χ1v) is 11.3. The molecular formula is C23H20F6N5O5+. The van der Waals surface area contributed by atoms with E-state index in [9.17, 15) is 35.9 Å². The third kappa shape index (κ3) is 5.94. The Morgan fingerprint density at radius 1 is 1.13 bits per heavy atom. The molecule has 2 amide bonds. The van der Waals surface area contributed by atoms with E-state index in [-0.39, 0.29) is 35.3 Å². The number of aromatic amines is 2. The lowest BCUT2D eigenvalue weighted by molar-refractivity contribution is -0.514. The number of alkyl halides is 6. The molecule has 39 heavy (non-hydrogen) atoms. The number of carboxylic acid groups (broad SMARTS) is 1. The van der Waals surface area contributed by atoms with E-state index in [1.807, 2.05) is 5.32 Å². The molecule has 0 spiro atoms. The third-order valence-corrected chi connectivity index (χ3v) is 6.07. The van der Waals surface area contributed by atoms with Crippen LogP contribution in [0.15, 0.2) is 48.8 Å². The number of amides is 2. The van der Waals surface area contributed by atoms with Crippen LogP contribution in [-0.2, 0) is 9.53 Å². The van der Waals surface area contributed by atoms with Crippen molar-refractivity contribution in [1.82, 2.24) is 15.2 Å². The van der Waals surface area contributed by atoms with E-state index in [2.05, 4.69) is 9.97 Å². The monoisotopic (exact) mass is 560 g/mol. The second-order valence-electron chi connectivity index (χ2n) is 8.66. The van der Waals surface area contributed by atoms with Gasteiger partial charge in [-0.2, -0.15) is 30.7 Å². The van der Waals surface area contributed by atoms with Gasteiger partial charge in [-0.1, -0.05) is 12.1 Å². The average molecular weight is 560 g/mol. The number of aromatic nitrogens is 3. The molecule has 0 aliphatic carbocycles. The van der Waals surface area contributed by atoms with Gasteiger partial charge in [-0.05, 0) is 18.6 Å². The number of aliphatic carboxylic acids is 1. The molecule has 5 rings (SSSR count). The van der Waals surface area contributed by atoms with Crippen LogP contribution in [0.3, 0.4) is 0 Å². The lowest BCUT2D eigenvalue weighted by Gasteiger charge is -2.24. The highest BCUT2D eigenvalue weighted by Gasteiger charge is 2.48. The summed E-state index contributed by atoms with van der Waals surface area (Å²) < 4.78 is 79.7. The summed E-state index contributed by atoms with van der Waals surface area (Å²) >= 11 is 0. The van der Waals surface area contributed by atoms with E-state index >= 15 is 0 Å². The Labute approximate surface area is 215 Å². The zero-order chi connectivity index (χ0) is 28.5. The SMILES string of the molecule is O=C(NC(c1cccc[nH+]1)C(F)(F)F)c1[nH]c(C(=O)N2C[C@@H]3C[C@H]2CO3)[n+]2ccccc12.O=C([O-])C(F)(F)F. The summed E-state index contributed by atoms with van der Waals surface area (Å²) in [6, 6.07) is 6.84. The van der Waals surface area contributed by atoms with Gasteiger partial charge in [-0.3, -0.25) is 9.59 Å². The molecule has 0 aromatic carbocycles. The minimum Gasteiger partial charge on any atom is -0.542 e. The number of nitrogens with zero attached hydrogens (tertiary/aromatic N) is 2. The van der Waals surface area contributed by atoms with E-state index < -0.39 is 30.3 Å². The summed E-state index contributed by atoms with van der Waals surface area (Å²) in [7, 11) is 0. The molecule has 1 unspecified atom stereocenters. The molecule has 2 fully saturated rings. The van der Waals surface area contributed by atoms with E-state index in [0.717, 1.165) is 6.42 Å². The number of likely N-dealkylation sites (tertiary alicyclic amines) is 1. The first-order chi connectivity index (χ1) is 18.3. The van der Waals surface area contributed by atoms with Gasteiger partial charge in [0.2, 0.25) is 17.4 Å². The molecule has 2 aliphatic heterocycles. The van der Waals surface area contributed by atoms with Crippen molar-refractivity contribution in [2.24, 2.45) is 0 Å². The van der Waals surface area contributed by atoms with Crippen molar-refractivity contribution in [3.05, 3.63) is 66.0 Å². The smallest absolute Gasteiger partial charge is 0.430 e. The Morgan fingerprint density at radius 2 is 1.82 bits per heavy atom. The summed E-state index contributed by atoms with van der Waals surface area (Å²) in [4.78, 5) is 41.9. The standard InChI is InChI=1S/C21H18F3N5O3.C2HF3O2/c22-21(23,24)17(14-5-1-3-7-25-14)27-19(30)16-15-6-2-4-8-28(15)18(26-16)20(31)29-10-13-9-12(29)11-32-13;3-2(4,5)1(6)7/h1-8,12-13,17H,9-11H2,(H,27,30);(H,6,7)/p+1/t12-,13-,17?;/m0./s1. The maximum atomic E-state index is 13.7. The fourth-order valence-corrected chi connectivity index (χ4v) is 4.32. The number of carbonyl (C=O) groups excluding carboxylic acids is 3. The van der Waals surface area contributed by atoms with Gasteiger partial charge in [0.1, 0.15) is 5.97 Å². The van der Waals surface area contributed by atoms with Crippen LogP contribution in [0.4, 0.5) is 26.3 Å². The molecule has 2 saturated heterocycles. The topological polar surface area (TPSA) is 133 Å². The van der Waals surface area contributed by atoms with Gasteiger partial charge >= 0.3 is 24.1 Å². The molecule has 3 N–H and O–H groups in total. The largest absolute Gasteiger partial charge is 0.542 e. The van der Waals surface area contributed by atoms with Crippen molar-refractivity contribution in [2.75, 3.05) is 13.2 Å². The summed E-state index contributed by atoms with van der Waals surface area (Å²) in [6.45, 7) is 0.896. The third-order valence-electron chi connectivity index (χ3n) is 6.07. The predicted molar refractivity (Wildman–Crippen MR) is 113 cm³/mol. The van der Waals surface area contributed by atoms with Gasteiger partial charge in [-0.15, -0.1) is 0 Å². The Bertz CT molecular complexity index is 1380. The zero-order valence-corrected chi connectivity index (χ0v) is 19.7. The van der Waals surface area contributed by atoms with Gasteiger partial charge in [0.25, 0.3) is 5.91 Å². The molecule has 208 valence electrons. The maximum absolute atomic E-state index is 13.7. The van der Waals surface area contributed by atoms with Crippen molar-refractivity contribution in [3.8, 4) is 0 Å². The van der Waals surface area contributed by atoms with Crippen LogP contribution >= 0.6 is 0 Å². The van der Waals surface area contributed by atoms with Gasteiger partial charge in [0.15, 0.2) is 11.7 Å². The van der Waals surface area contributed by atoms with Gasteiger partial charge in [0.05, 0.1) is 24.9 Å². The zero-order valence-electron chi connectivity index (χ0n) is 19.7. The van der Waals surface area contributed by atoms with Gasteiger partial charge in [0, 0.05) is 18.7 Å². The number of rotatable bonds is 4. The van der Waals surface area contributed by atoms with Crippen LogP contribution in [0, 0.1) is 0 Å². The Hall–Kier alpha value is -4.21. The number of hydrogen-bond donors (Lipinski definition) is 2. The summed E-state index contributed by atoms with van der Waals surface area (Å²) in [6.07, 6.45) is -6.23. The van der Waals surface area contributed by atoms with Crippen LogP contribution < -0.4 is 19.8 Å². The van der Waals surface area contributed by atoms with Crippen LogP contribution in [0.25, 0.3) is 5.52 Å². The number of fused-ring (bicyclic) bond motifs is 3. The lowest BCUT2D eigenvalue weighted by atomic mass is 10.1. The summed E-state index contributed by atoms with van der Waals surface area (Å²) in [5.41, 5.74) is -0.0343. The molecular weight excluding hydrogens is 540 g/mol. The second-order valence-corrected chi connectivity index (χ2v) is 8.66. The molecule has 3 aromatic rings. The van der Waals surface area contributed by atoms with Gasteiger partial charge in [-0.25, -0.2) is 9.97 Å². The fourth-order valence-electron chi connectivity index (χ4n) is 4.32. The maximum Gasteiger partial charge on any atom is 0.430 e. The van der Waals surface area contributed by atoms with E-state index in [1.165, 1.54) is 22.7 Å². The first-order valence-electron chi connectivity index (χ1n) is 11.3. The number of morpholine rings is 1. The quantitative estimate of drug-likeness (QED) is 0.355. The van der Waals surface area contributed by atoms with Crippen LogP contribution in [0.2, 0.25) is 0 Å². The molecule has 3 aromatic heterocycles. The number of pyridine rings is 2. The van der Waals surface area contributed by atoms with Gasteiger partial charge < -0.3 is 24.9 Å². The second kappa shape index (κ2) is 10.5. The predicted octanol–water partition coefficient (Wildman–Crippen LogP) is 0.513. The molecule has 3 atom stereocenters. The molecule has 0 radical (unpaired) electrons. The number of H-pyrrole nitrogens is 2. The Kier molecular flexibility index (Phi) is 7.50. The molecule has 2 bridgehead atoms. The number of carbonyl (C=O) groups is 3. The van der Waals surface area contributed by atoms with E-state index in [4.69, 9.17) is 14.6 Å². The Morgan fingerprint density at radius 3 is 2.36 bits per heavy atom. The first kappa shape index (κ1) is 27.8. The number of halogens is 6. The molecule has 2 aliphatic rings. The van der Waals surface area contributed by atoms with Crippen molar-refractivity contribution < 1.29 is 60.0 Å². The van der Waals surface area contributed by atoms with E-state index in [0.29, 0.717) is 18.7 Å². The van der Waals surface area contributed by atoms with Crippen molar-refractivity contribution in [2.45, 2.75) is 37.0 Å². The van der Waals surface area contributed by atoms with Crippen LogP contribution in [-0.4, -0.2) is 65.3 Å². The number of ether oxygens (including phenoxy) is 1. The molecule has 10 nitrogen and oxygen atoms in total.